The second kappa shape index (κ2) is 4.96. The van der Waals surface area contributed by atoms with Crippen molar-refractivity contribution >= 4 is 28.6 Å². The zero-order chi connectivity index (χ0) is 11.6. The van der Waals surface area contributed by atoms with Crippen LogP contribution in [0.25, 0.3) is 0 Å². The predicted molar refractivity (Wildman–Crippen MR) is 69.7 cm³/mol. The van der Waals surface area contributed by atoms with Gasteiger partial charge in [-0.25, -0.2) is 4.39 Å². The van der Waals surface area contributed by atoms with Crippen LogP contribution >= 0.6 is 28.6 Å². The molecular formula is C12H14BrFOS. The van der Waals surface area contributed by atoms with E-state index in [4.69, 9.17) is 4.74 Å². The van der Waals surface area contributed by atoms with Gasteiger partial charge < -0.3 is 4.74 Å². The molecule has 1 aromatic rings. The molecule has 0 aliphatic heterocycles. The fourth-order valence-electron chi connectivity index (χ4n) is 1.85. The normalized spacial score (nSPS) is 17.9. The Morgan fingerprint density at radius 2 is 2.19 bits per heavy atom. The first kappa shape index (κ1) is 12.2. The minimum atomic E-state index is -0.317. The van der Waals surface area contributed by atoms with E-state index in [0.717, 1.165) is 23.1 Å². The molecule has 1 aromatic carbocycles. The summed E-state index contributed by atoms with van der Waals surface area (Å²) in [5.74, 6) is 0.824. The summed E-state index contributed by atoms with van der Waals surface area (Å²) in [5, 5.41) is 0. The highest BCUT2D eigenvalue weighted by molar-refractivity contribution is 9.10. The molecule has 1 nitrogen and oxygen atoms in total. The highest BCUT2D eigenvalue weighted by Gasteiger charge is 2.36. The summed E-state index contributed by atoms with van der Waals surface area (Å²) in [5.41, 5.74) is 0.169. The van der Waals surface area contributed by atoms with Gasteiger partial charge in [0.15, 0.2) is 11.6 Å². The molecule has 0 spiro atoms. The lowest BCUT2D eigenvalue weighted by Gasteiger charge is -2.40. The maximum absolute atomic E-state index is 13.5. The van der Waals surface area contributed by atoms with Crippen LogP contribution in [0.3, 0.4) is 0 Å². The fraction of sp³-hybridized carbons (Fsp3) is 0.500. The summed E-state index contributed by atoms with van der Waals surface area (Å²) < 4.78 is 19.7. The molecule has 88 valence electrons. The molecule has 0 unspecified atom stereocenters. The second-order valence-corrected chi connectivity index (χ2v) is 5.61. The Kier molecular flexibility index (Phi) is 3.80. The first-order valence-corrected chi connectivity index (χ1v) is 6.76. The smallest absolute Gasteiger partial charge is 0.166 e. The Morgan fingerprint density at radius 3 is 2.69 bits per heavy atom. The number of ether oxygens (including phenoxy) is 1. The van der Waals surface area contributed by atoms with Crippen molar-refractivity contribution < 1.29 is 9.13 Å². The van der Waals surface area contributed by atoms with Crippen molar-refractivity contribution in [3.63, 3.8) is 0 Å². The summed E-state index contributed by atoms with van der Waals surface area (Å²) in [6.07, 6.45) is 3.50. The van der Waals surface area contributed by atoms with Crippen LogP contribution in [0.4, 0.5) is 4.39 Å². The molecule has 16 heavy (non-hydrogen) atoms. The maximum Gasteiger partial charge on any atom is 0.166 e. The van der Waals surface area contributed by atoms with Crippen LogP contribution in [0.2, 0.25) is 0 Å². The van der Waals surface area contributed by atoms with Crippen LogP contribution in [0, 0.1) is 11.2 Å². The van der Waals surface area contributed by atoms with Crippen LogP contribution in [-0.2, 0) is 0 Å². The van der Waals surface area contributed by atoms with E-state index in [0.29, 0.717) is 12.4 Å². The van der Waals surface area contributed by atoms with Gasteiger partial charge >= 0.3 is 0 Å². The largest absolute Gasteiger partial charge is 0.490 e. The van der Waals surface area contributed by atoms with Crippen molar-refractivity contribution in [3.05, 3.63) is 28.5 Å². The van der Waals surface area contributed by atoms with Gasteiger partial charge in [-0.15, -0.1) is 0 Å². The molecule has 0 amide bonds. The minimum Gasteiger partial charge on any atom is -0.490 e. The Labute approximate surface area is 109 Å². The lowest BCUT2D eigenvalue weighted by molar-refractivity contribution is 0.0805. The van der Waals surface area contributed by atoms with Gasteiger partial charge in [0.2, 0.25) is 0 Å². The van der Waals surface area contributed by atoms with Crippen molar-refractivity contribution in [3.8, 4) is 5.75 Å². The topological polar surface area (TPSA) is 9.23 Å². The van der Waals surface area contributed by atoms with E-state index in [2.05, 4.69) is 28.6 Å². The highest BCUT2D eigenvalue weighted by Crippen LogP contribution is 2.42. The third kappa shape index (κ3) is 2.54. The van der Waals surface area contributed by atoms with Crippen LogP contribution < -0.4 is 4.74 Å². The monoisotopic (exact) mass is 304 g/mol. The zero-order valence-corrected chi connectivity index (χ0v) is 11.4. The van der Waals surface area contributed by atoms with Crippen LogP contribution in [0.15, 0.2) is 22.7 Å². The number of thiol groups is 1. The predicted octanol–water partition coefficient (Wildman–Crippen LogP) is 4.07. The SMILES string of the molecule is Fc1cc(Br)ccc1OCC1(CS)CCC1. The molecule has 1 aliphatic rings. The van der Waals surface area contributed by atoms with Gasteiger partial charge in [-0.05, 0) is 36.8 Å². The van der Waals surface area contributed by atoms with Crippen molar-refractivity contribution in [2.75, 3.05) is 12.4 Å². The van der Waals surface area contributed by atoms with Gasteiger partial charge in [-0.1, -0.05) is 22.4 Å². The molecular weight excluding hydrogens is 291 g/mol. The minimum absolute atomic E-state index is 0.169. The van der Waals surface area contributed by atoms with E-state index in [1.54, 1.807) is 12.1 Å². The van der Waals surface area contributed by atoms with E-state index in [1.165, 1.54) is 12.5 Å². The lowest BCUT2D eigenvalue weighted by Crippen LogP contribution is -2.37. The second-order valence-electron chi connectivity index (χ2n) is 4.38. The zero-order valence-electron chi connectivity index (χ0n) is 8.88. The number of hydrogen-bond donors (Lipinski definition) is 1. The number of rotatable bonds is 4. The summed E-state index contributed by atoms with van der Waals surface area (Å²) in [7, 11) is 0. The summed E-state index contributed by atoms with van der Waals surface area (Å²) >= 11 is 7.56. The molecule has 1 fully saturated rings. The molecule has 0 saturated heterocycles. The summed E-state index contributed by atoms with van der Waals surface area (Å²) in [6.45, 7) is 0.565. The molecule has 0 N–H and O–H groups in total. The van der Waals surface area contributed by atoms with Crippen molar-refractivity contribution in [1.82, 2.24) is 0 Å². The first-order valence-electron chi connectivity index (χ1n) is 5.34. The average Bonchev–Trinajstić information content (AvgIpc) is 2.19. The Balaban J connectivity index is 1.99. The Bertz CT molecular complexity index is 374. The molecule has 1 saturated carbocycles. The van der Waals surface area contributed by atoms with Gasteiger partial charge in [-0.3, -0.25) is 0 Å². The average molecular weight is 305 g/mol. The standard InChI is InChI=1S/C12H14BrFOS/c13-9-2-3-11(10(14)6-9)15-7-12(8-16)4-1-5-12/h2-3,6,16H,1,4-5,7-8H2. The summed E-state index contributed by atoms with van der Waals surface area (Å²) in [6, 6.07) is 4.86. The van der Waals surface area contributed by atoms with Crippen molar-refractivity contribution in [2.24, 2.45) is 5.41 Å². The number of halogens is 2. The highest BCUT2D eigenvalue weighted by atomic mass is 79.9. The molecule has 4 heteroatoms. The van der Waals surface area contributed by atoms with Crippen LogP contribution in [0.5, 0.6) is 5.75 Å². The lowest BCUT2D eigenvalue weighted by atomic mass is 9.71. The quantitative estimate of drug-likeness (QED) is 0.825. The van der Waals surface area contributed by atoms with E-state index in [1.807, 2.05) is 0 Å². The maximum atomic E-state index is 13.5. The van der Waals surface area contributed by atoms with Crippen molar-refractivity contribution in [1.29, 1.82) is 0 Å². The Hall–Kier alpha value is -0.220. The van der Waals surface area contributed by atoms with Gasteiger partial charge in [0.05, 0.1) is 6.61 Å². The molecule has 0 heterocycles. The number of hydrogen-bond acceptors (Lipinski definition) is 2. The van der Waals surface area contributed by atoms with Gasteiger partial charge in [-0.2, -0.15) is 12.6 Å². The molecule has 0 radical (unpaired) electrons. The van der Waals surface area contributed by atoms with Gasteiger partial charge in [0.1, 0.15) is 0 Å². The summed E-state index contributed by atoms with van der Waals surface area (Å²) in [4.78, 5) is 0. The molecule has 2 rings (SSSR count). The van der Waals surface area contributed by atoms with Crippen LogP contribution in [-0.4, -0.2) is 12.4 Å². The van der Waals surface area contributed by atoms with Crippen molar-refractivity contribution in [2.45, 2.75) is 19.3 Å². The molecule has 0 aromatic heterocycles. The Morgan fingerprint density at radius 1 is 1.44 bits per heavy atom. The third-order valence-electron chi connectivity index (χ3n) is 3.18. The third-order valence-corrected chi connectivity index (χ3v) is 4.34. The van der Waals surface area contributed by atoms with E-state index in [9.17, 15) is 4.39 Å². The van der Waals surface area contributed by atoms with E-state index < -0.39 is 0 Å². The molecule has 1 aliphatic carbocycles. The first-order chi connectivity index (χ1) is 7.65. The molecule has 0 atom stereocenters. The fourth-order valence-corrected chi connectivity index (χ4v) is 2.59. The molecule has 0 bridgehead atoms. The van der Waals surface area contributed by atoms with Gasteiger partial charge in [0, 0.05) is 9.89 Å². The van der Waals surface area contributed by atoms with E-state index >= 15 is 0 Å². The van der Waals surface area contributed by atoms with E-state index in [-0.39, 0.29) is 11.2 Å². The van der Waals surface area contributed by atoms with Crippen LogP contribution in [0.1, 0.15) is 19.3 Å². The van der Waals surface area contributed by atoms with Gasteiger partial charge in [0.25, 0.3) is 0 Å². The number of benzene rings is 1.